The van der Waals surface area contributed by atoms with E-state index < -0.39 is 0 Å². The molecule has 4 heteroatoms. The molecule has 1 aromatic carbocycles. The molecule has 0 fully saturated rings. The number of rotatable bonds is 4. The van der Waals surface area contributed by atoms with E-state index in [1.165, 1.54) is 0 Å². The van der Waals surface area contributed by atoms with Gasteiger partial charge in [-0.05, 0) is 18.2 Å². The zero-order valence-electron chi connectivity index (χ0n) is 7.13. The number of hydrogen-bond acceptors (Lipinski definition) is 4. The summed E-state index contributed by atoms with van der Waals surface area (Å²) in [4.78, 5) is 9.48. The summed E-state index contributed by atoms with van der Waals surface area (Å²) in [6.07, 6.45) is 0. The van der Waals surface area contributed by atoms with Gasteiger partial charge in [0.2, 0.25) is 0 Å². The third kappa shape index (κ3) is 2.41. The monoisotopic (exact) mass is 168 g/mol. The molecule has 0 saturated carbocycles. The molecule has 66 valence electrons. The van der Waals surface area contributed by atoms with Gasteiger partial charge in [-0.15, -0.1) is 0 Å². The normalized spacial score (nSPS) is 9.50. The molecule has 1 aromatic rings. The predicted molar refractivity (Wildman–Crippen MR) is 47.7 cm³/mol. The van der Waals surface area contributed by atoms with E-state index >= 15 is 0 Å². The maximum Gasteiger partial charge on any atom is 0.0636 e. The molecule has 0 saturated heterocycles. The molecule has 4 nitrogen and oxygen atoms in total. The van der Waals surface area contributed by atoms with E-state index in [0.717, 1.165) is 11.4 Å². The minimum atomic E-state index is 0.875. The van der Waals surface area contributed by atoms with E-state index in [4.69, 9.17) is 9.68 Å². The Labute approximate surface area is 71.4 Å². The summed E-state index contributed by atoms with van der Waals surface area (Å²) >= 11 is 0. The van der Waals surface area contributed by atoms with Crippen LogP contribution in [0.4, 0.5) is 11.4 Å². The molecule has 2 N–H and O–H groups in total. The van der Waals surface area contributed by atoms with Crippen LogP contribution in [0.1, 0.15) is 0 Å². The number of anilines is 2. The van der Waals surface area contributed by atoms with E-state index in [1.807, 2.05) is 24.3 Å². The summed E-state index contributed by atoms with van der Waals surface area (Å²) in [5, 5.41) is 0. The molecule has 0 aliphatic carbocycles. The molecule has 0 spiro atoms. The van der Waals surface area contributed by atoms with E-state index in [-0.39, 0.29) is 0 Å². The topological polar surface area (TPSA) is 42.5 Å². The Morgan fingerprint density at radius 1 is 1.00 bits per heavy atom. The van der Waals surface area contributed by atoms with Gasteiger partial charge >= 0.3 is 0 Å². The van der Waals surface area contributed by atoms with Crippen LogP contribution in [-0.4, -0.2) is 14.2 Å². The molecule has 0 bridgehead atoms. The third-order valence-corrected chi connectivity index (χ3v) is 1.30. The molecular formula is C8H12N2O2. The van der Waals surface area contributed by atoms with Crippen LogP contribution in [0.15, 0.2) is 24.3 Å². The van der Waals surface area contributed by atoms with Gasteiger partial charge in [0.25, 0.3) is 0 Å². The van der Waals surface area contributed by atoms with Crippen LogP contribution in [0, 0.1) is 0 Å². The first kappa shape index (κ1) is 8.83. The Balaban J connectivity index is 2.67. The van der Waals surface area contributed by atoms with Crippen molar-refractivity contribution in [3.8, 4) is 0 Å². The molecule has 0 aliphatic heterocycles. The minimum absolute atomic E-state index is 0.875. The second kappa shape index (κ2) is 4.58. The first-order valence-corrected chi connectivity index (χ1v) is 3.55. The summed E-state index contributed by atoms with van der Waals surface area (Å²) in [7, 11) is 3.13. The Bertz CT molecular complexity index is 219. The molecule has 1 rings (SSSR count). The molecular weight excluding hydrogens is 156 g/mol. The standard InChI is InChI=1S/C8H12N2O2/c1-11-9-7-4-3-5-8(6-7)10-12-2/h3-6,9-10H,1-2H3. The second-order valence-corrected chi connectivity index (χ2v) is 2.19. The Kier molecular flexibility index (Phi) is 3.37. The first-order valence-electron chi connectivity index (χ1n) is 3.55. The summed E-state index contributed by atoms with van der Waals surface area (Å²) < 4.78 is 0. The summed E-state index contributed by atoms with van der Waals surface area (Å²) in [5.74, 6) is 0. The molecule has 0 amide bonds. The smallest absolute Gasteiger partial charge is 0.0636 e. The highest BCUT2D eigenvalue weighted by atomic mass is 16.6. The molecule has 0 unspecified atom stereocenters. The lowest BCUT2D eigenvalue weighted by Gasteiger charge is -2.06. The zero-order valence-corrected chi connectivity index (χ0v) is 7.13. The Hall–Kier alpha value is -1.26. The van der Waals surface area contributed by atoms with Gasteiger partial charge in [0.05, 0.1) is 25.6 Å². The van der Waals surface area contributed by atoms with Crippen molar-refractivity contribution >= 4 is 11.4 Å². The molecule has 12 heavy (non-hydrogen) atoms. The summed E-state index contributed by atoms with van der Waals surface area (Å²) in [6.45, 7) is 0. The van der Waals surface area contributed by atoms with Crippen molar-refractivity contribution in [1.82, 2.24) is 0 Å². The quantitative estimate of drug-likeness (QED) is 0.670. The predicted octanol–water partition coefficient (Wildman–Crippen LogP) is 1.63. The average molecular weight is 168 g/mol. The van der Waals surface area contributed by atoms with Crippen molar-refractivity contribution in [2.45, 2.75) is 0 Å². The van der Waals surface area contributed by atoms with Gasteiger partial charge in [-0.25, -0.2) is 0 Å². The SMILES string of the molecule is CONc1cccc(NOC)c1. The van der Waals surface area contributed by atoms with Gasteiger partial charge in [0.15, 0.2) is 0 Å². The minimum Gasteiger partial charge on any atom is -0.279 e. The van der Waals surface area contributed by atoms with Gasteiger partial charge in [-0.3, -0.25) is 20.6 Å². The van der Waals surface area contributed by atoms with Crippen molar-refractivity contribution < 1.29 is 9.68 Å². The second-order valence-electron chi connectivity index (χ2n) is 2.19. The van der Waals surface area contributed by atoms with Crippen molar-refractivity contribution in [2.24, 2.45) is 0 Å². The number of nitrogens with one attached hydrogen (secondary N) is 2. The van der Waals surface area contributed by atoms with Gasteiger partial charge in [0.1, 0.15) is 0 Å². The van der Waals surface area contributed by atoms with Crippen molar-refractivity contribution in [3.05, 3.63) is 24.3 Å². The van der Waals surface area contributed by atoms with Crippen LogP contribution < -0.4 is 11.0 Å². The first-order chi connectivity index (χ1) is 5.86. The van der Waals surface area contributed by atoms with Crippen LogP contribution in [0.2, 0.25) is 0 Å². The van der Waals surface area contributed by atoms with E-state index in [0.29, 0.717) is 0 Å². The molecule has 0 radical (unpaired) electrons. The highest BCUT2D eigenvalue weighted by molar-refractivity contribution is 5.54. The van der Waals surface area contributed by atoms with Crippen molar-refractivity contribution in [1.29, 1.82) is 0 Å². The molecule has 0 aromatic heterocycles. The lowest BCUT2D eigenvalue weighted by Crippen LogP contribution is -1.98. The lowest BCUT2D eigenvalue weighted by molar-refractivity contribution is 0.268. The van der Waals surface area contributed by atoms with Gasteiger partial charge in [-0.2, -0.15) is 0 Å². The fraction of sp³-hybridized carbons (Fsp3) is 0.250. The van der Waals surface area contributed by atoms with Gasteiger partial charge in [-0.1, -0.05) is 6.07 Å². The van der Waals surface area contributed by atoms with E-state index in [1.54, 1.807) is 14.2 Å². The van der Waals surface area contributed by atoms with E-state index in [2.05, 4.69) is 11.0 Å². The zero-order chi connectivity index (χ0) is 8.81. The van der Waals surface area contributed by atoms with Crippen LogP contribution in [0.5, 0.6) is 0 Å². The molecule has 0 atom stereocenters. The maximum absolute atomic E-state index is 4.74. The lowest BCUT2D eigenvalue weighted by atomic mass is 10.3. The van der Waals surface area contributed by atoms with Crippen LogP contribution in [-0.2, 0) is 9.68 Å². The van der Waals surface area contributed by atoms with Gasteiger partial charge < -0.3 is 0 Å². The Morgan fingerprint density at radius 3 is 1.92 bits per heavy atom. The highest BCUT2D eigenvalue weighted by Gasteiger charge is 1.92. The number of benzene rings is 1. The fourth-order valence-corrected chi connectivity index (χ4v) is 0.882. The fourth-order valence-electron chi connectivity index (χ4n) is 0.882. The highest BCUT2D eigenvalue weighted by Crippen LogP contribution is 2.14. The van der Waals surface area contributed by atoms with Crippen molar-refractivity contribution in [2.75, 3.05) is 25.2 Å². The van der Waals surface area contributed by atoms with Crippen LogP contribution in [0.25, 0.3) is 0 Å². The van der Waals surface area contributed by atoms with E-state index in [9.17, 15) is 0 Å². The van der Waals surface area contributed by atoms with Crippen molar-refractivity contribution in [3.63, 3.8) is 0 Å². The van der Waals surface area contributed by atoms with Gasteiger partial charge in [0, 0.05) is 0 Å². The third-order valence-electron chi connectivity index (χ3n) is 1.30. The summed E-state index contributed by atoms with van der Waals surface area (Å²) in [5.41, 5.74) is 7.17. The average Bonchev–Trinajstić information content (AvgIpc) is 2.06. The number of hydrogen-bond donors (Lipinski definition) is 2. The van der Waals surface area contributed by atoms with Crippen LogP contribution in [0.3, 0.4) is 0 Å². The largest absolute Gasteiger partial charge is 0.279 e. The summed E-state index contributed by atoms with van der Waals surface area (Å²) in [6, 6.07) is 7.55. The maximum atomic E-state index is 4.74. The van der Waals surface area contributed by atoms with Crippen LogP contribution >= 0.6 is 0 Å². The molecule has 0 heterocycles. The Morgan fingerprint density at radius 2 is 1.50 bits per heavy atom. The molecule has 0 aliphatic rings.